The third-order valence-electron chi connectivity index (χ3n) is 2.17. The molecule has 1 aromatic rings. The molecule has 0 saturated carbocycles. The molecule has 0 bridgehead atoms. The molecule has 0 aromatic carbocycles. The largest absolute Gasteiger partial charge is 0.307 e. The Morgan fingerprint density at radius 3 is 2.64 bits per heavy atom. The van der Waals surface area contributed by atoms with E-state index in [1.54, 1.807) is 0 Å². The zero-order valence-electron chi connectivity index (χ0n) is 9.12. The predicted octanol–water partition coefficient (Wildman–Crippen LogP) is 1.11. The first kappa shape index (κ1) is 11.1. The van der Waals surface area contributed by atoms with Crippen LogP contribution >= 0.6 is 0 Å². The topological polar surface area (TPSA) is 66.5 Å². The van der Waals surface area contributed by atoms with E-state index < -0.39 is 0 Å². The molecular weight excluding hydrogens is 178 g/mol. The summed E-state index contributed by atoms with van der Waals surface area (Å²) in [7, 11) is 0. The maximum Gasteiger partial charge on any atom is 0.188 e. The summed E-state index contributed by atoms with van der Waals surface area (Å²) in [5.41, 5.74) is 0. The minimum atomic E-state index is 0.510. The van der Waals surface area contributed by atoms with Gasteiger partial charge in [-0.05, 0) is 25.7 Å². The lowest BCUT2D eigenvalue weighted by Crippen LogP contribution is -2.26. The molecule has 5 nitrogen and oxygen atoms in total. The number of aromatic nitrogens is 4. The Hall–Kier alpha value is -0.970. The number of aromatic amines is 1. The van der Waals surface area contributed by atoms with Crippen molar-refractivity contribution in [3.63, 3.8) is 0 Å². The maximum absolute atomic E-state index is 3.87. The molecule has 0 aliphatic heterocycles. The van der Waals surface area contributed by atoms with Gasteiger partial charge in [-0.2, -0.15) is 5.21 Å². The van der Waals surface area contributed by atoms with Crippen LogP contribution in [0.4, 0.5) is 0 Å². The van der Waals surface area contributed by atoms with Gasteiger partial charge in [0.1, 0.15) is 0 Å². The second-order valence-corrected chi connectivity index (χ2v) is 4.08. The molecule has 1 unspecified atom stereocenters. The standard InChI is InChI=1S/C9H19N5/c1-7(2)4-5-8(3)10-6-9-11-13-14-12-9/h7-8,10H,4-6H2,1-3H3,(H,11,12,13,14). The van der Waals surface area contributed by atoms with Crippen LogP contribution < -0.4 is 5.32 Å². The first-order chi connectivity index (χ1) is 6.68. The Balaban J connectivity index is 2.12. The van der Waals surface area contributed by atoms with Crippen molar-refractivity contribution in [3.8, 4) is 0 Å². The van der Waals surface area contributed by atoms with Gasteiger partial charge in [-0.3, -0.25) is 0 Å². The third-order valence-corrected chi connectivity index (χ3v) is 2.17. The van der Waals surface area contributed by atoms with E-state index in [4.69, 9.17) is 0 Å². The lowest BCUT2D eigenvalue weighted by Gasteiger charge is -2.13. The van der Waals surface area contributed by atoms with E-state index in [0.29, 0.717) is 12.6 Å². The van der Waals surface area contributed by atoms with Crippen molar-refractivity contribution >= 4 is 0 Å². The molecule has 14 heavy (non-hydrogen) atoms. The van der Waals surface area contributed by atoms with Crippen molar-refractivity contribution in [3.05, 3.63) is 5.82 Å². The zero-order chi connectivity index (χ0) is 10.4. The first-order valence-corrected chi connectivity index (χ1v) is 5.14. The summed E-state index contributed by atoms with van der Waals surface area (Å²) in [6, 6.07) is 0.510. The molecule has 0 radical (unpaired) electrons. The van der Waals surface area contributed by atoms with Crippen molar-refractivity contribution < 1.29 is 0 Å². The molecule has 2 N–H and O–H groups in total. The van der Waals surface area contributed by atoms with Gasteiger partial charge in [0.15, 0.2) is 5.82 Å². The van der Waals surface area contributed by atoms with Crippen molar-refractivity contribution in [1.29, 1.82) is 0 Å². The Labute approximate surface area is 84.7 Å². The molecule has 1 heterocycles. The summed E-state index contributed by atoms with van der Waals surface area (Å²) in [5, 5.41) is 17.0. The monoisotopic (exact) mass is 197 g/mol. The zero-order valence-corrected chi connectivity index (χ0v) is 9.12. The van der Waals surface area contributed by atoms with Crippen LogP contribution in [0, 0.1) is 5.92 Å². The van der Waals surface area contributed by atoms with Crippen molar-refractivity contribution in [2.45, 2.75) is 46.2 Å². The van der Waals surface area contributed by atoms with E-state index in [-0.39, 0.29) is 0 Å². The second kappa shape index (κ2) is 5.70. The fourth-order valence-corrected chi connectivity index (χ4v) is 1.21. The lowest BCUT2D eigenvalue weighted by molar-refractivity contribution is 0.446. The molecule has 1 aromatic heterocycles. The molecule has 1 atom stereocenters. The first-order valence-electron chi connectivity index (χ1n) is 5.14. The van der Waals surface area contributed by atoms with Crippen molar-refractivity contribution in [1.82, 2.24) is 25.9 Å². The van der Waals surface area contributed by atoms with E-state index in [9.17, 15) is 0 Å². The van der Waals surface area contributed by atoms with Gasteiger partial charge in [0.05, 0.1) is 6.54 Å². The fraction of sp³-hybridized carbons (Fsp3) is 0.889. The highest BCUT2D eigenvalue weighted by Gasteiger charge is 2.04. The van der Waals surface area contributed by atoms with E-state index in [2.05, 4.69) is 46.7 Å². The Morgan fingerprint density at radius 2 is 2.07 bits per heavy atom. The highest BCUT2D eigenvalue weighted by molar-refractivity contribution is 4.76. The summed E-state index contributed by atoms with van der Waals surface area (Å²) < 4.78 is 0. The highest BCUT2D eigenvalue weighted by atomic mass is 15.5. The van der Waals surface area contributed by atoms with E-state index in [1.165, 1.54) is 12.8 Å². The molecule has 0 amide bonds. The van der Waals surface area contributed by atoms with Crippen LogP contribution in [0.3, 0.4) is 0 Å². The molecule has 0 fully saturated rings. The maximum atomic E-state index is 3.87. The SMILES string of the molecule is CC(C)CCC(C)NCc1nn[nH]n1. The minimum absolute atomic E-state index is 0.510. The fourth-order valence-electron chi connectivity index (χ4n) is 1.21. The van der Waals surface area contributed by atoms with Crippen LogP contribution in [0.2, 0.25) is 0 Å². The van der Waals surface area contributed by atoms with Gasteiger partial charge < -0.3 is 5.32 Å². The number of tetrazole rings is 1. The number of hydrogen-bond donors (Lipinski definition) is 2. The summed E-state index contributed by atoms with van der Waals surface area (Å²) in [6.07, 6.45) is 2.44. The Morgan fingerprint density at radius 1 is 1.29 bits per heavy atom. The average molecular weight is 197 g/mol. The van der Waals surface area contributed by atoms with E-state index in [1.807, 2.05) is 0 Å². The number of rotatable bonds is 6. The van der Waals surface area contributed by atoms with Gasteiger partial charge >= 0.3 is 0 Å². The van der Waals surface area contributed by atoms with Gasteiger partial charge in [0, 0.05) is 6.04 Å². The van der Waals surface area contributed by atoms with Crippen LogP contribution in [0.5, 0.6) is 0 Å². The Kier molecular flexibility index (Phi) is 4.52. The van der Waals surface area contributed by atoms with Gasteiger partial charge in [0.25, 0.3) is 0 Å². The lowest BCUT2D eigenvalue weighted by atomic mass is 10.0. The molecule has 0 spiro atoms. The van der Waals surface area contributed by atoms with Gasteiger partial charge in [0.2, 0.25) is 0 Å². The normalized spacial score (nSPS) is 13.4. The molecule has 0 aliphatic carbocycles. The third kappa shape index (κ3) is 4.32. The van der Waals surface area contributed by atoms with E-state index >= 15 is 0 Å². The minimum Gasteiger partial charge on any atom is -0.307 e. The van der Waals surface area contributed by atoms with Crippen LogP contribution in [0.15, 0.2) is 0 Å². The summed E-state index contributed by atoms with van der Waals surface area (Å²) in [4.78, 5) is 0. The number of nitrogens with one attached hydrogen (secondary N) is 2. The quantitative estimate of drug-likeness (QED) is 0.717. The van der Waals surface area contributed by atoms with Crippen molar-refractivity contribution in [2.75, 3.05) is 0 Å². The average Bonchev–Trinajstić information content (AvgIpc) is 2.63. The van der Waals surface area contributed by atoms with Crippen LogP contribution in [0.1, 0.15) is 39.4 Å². The van der Waals surface area contributed by atoms with Gasteiger partial charge in [-0.15, -0.1) is 10.2 Å². The summed E-state index contributed by atoms with van der Waals surface area (Å²) >= 11 is 0. The Bertz CT molecular complexity index is 231. The van der Waals surface area contributed by atoms with Crippen LogP contribution in [0.25, 0.3) is 0 Å². The predicted molar refractivity (Wildman–Crippen MR) is 54.6 cm³/mol. The number of nitrogens with zero attached hydrogens (tertiary/aromatic N) is 3. The molecule has 5 heteroatoms. The number of hydrogen-bond acceptors (Lipinski definition) is 4. The van der Waals surface area contributed by atoms with Gasteiger partial charge in [-0.1, -0.05) is 19.1 Å². The molecular formula is C9H19N5. The smallest absolute Gasteiger partial charge is 0.188 e. The summed E-state index contributed by atoms with van der Waals surface area (Å²) in [5.74, 6) is 1.49. The summed E-state index contributed by atoms with van der Waals surface area (Å²) in [6.45, 7) is 7.36. The van der Waals surface area contributed by atoms with Crippen LogP contribution in [-0.4, -0.2) is 26.7 Å². The molecule has 1 rings (SSSR count). The number of H-pyrrole nitrogens is 1. The second-order valence-electron chi connectivity index (χ2n) is 4.08. The highest BCUT2D eigenvalue weighted by Crippen LogP contribution is 2.06. The van der Waals surface area contributed by atoms with Crippen LogP contribution in [-0.2, 0) is 6.54 Å². The van der Waals surface area contributed by atoms with Crippen molar-refractivity contribution in [2.24, 2.45) is 5.92 Å². The van der Waals surface area contributed by atoms with Gasteiger partial charge in [-0.25, -0.2) is 0 Å². The molecule has 0 aliphatic rings. The van der Waals surface area contributed by atoms with E-state index in [0.717, 1.165) is 11.7 Å². The molecule has 0 saturated heterocycles. The molecule has 80 valence electrons.